The van der Waals surface area contributed by atoms with E-state index in [1.165, 1.54) is 11.3 Å². The lowest BCUT2D eigenvalue weighted by Gasteiger charge is -2.42. The number of benzene rings is 2. The van der Waals surface area contributed by atoms with Gasteiger partial charge in [0, 0.05) is 88.4 Å². The Morgan fingerprint density at radius 2 is 1.72 bits per heavy atom. The van der Waals surface area contributed by atoms with Gasteiger partial charge in [-0.2, -0.15) is 9.97 Å². The van der Waals surface area contributed by atoms with E-state index < -0.39 is 20.8 Å². The molecule has 2 fully saturated rings. The lowest BCUT2D eigenvalue weighted by molar-refractivity contribution is 0.0793. The molecular formula is C40H61N8O3PSi. The Morgan fingerprint density at radius 1 is 1.00 bits per heavy atom. The lowest BCUT2D eigenvalue weighted by atomic mass is 9.92. The number of aliphatic hydroxyl groups is 1. The van der Waals surface area contributed by atoms with Gasteiger partial charge >= 0.3 is 0 Å². The molecule has 4 heterocycles. The second-order valence-electron chi connectivity index (χ2n) is 16.8. The minimum Gasteiger partial charge on any atom is -0.386 e. The third kappa shape index (κ3) is 9.71. The molecule has 11 nitrogen and oxygen atoms in total. The molecule has 4 aromatic rings. The Morgan fingerprint density at radius 3 is 2.38 bits per heavy atom. The van der Waals surface area contributed by atoms with Gasteiger partial charge in [0.25, 0.3) is 0 Å². The predicted octanol–water partition coefficient (Wildman–Crippen LogP) is 7.14. The largest absolute Gasteiger partial charge is 0.386 e. The summed E-state index contributed by atoms with van der Waals surface area (Å²) >= 11 is 0. The number of nitrogens with one attached hydrogen (secondary N) is 3. The van der Waals surface area contributed by atoms with Gasteiger partial charge in [0.2, 0.25) is 5.95 Å². The Labute approximate surface area is 317 Å². The average Bonchev–Trinajstić information content (AvgIpc) is 3.52. The highest BCUT2D eigenvalue weighted by Crippen LogP contribution is 2.40. The van der Waals surface area contributed by atoms with Gasteiger partial charge in [-0.25, -0.2) is 0 Å². The fourth-order valence-electron chi connectivity index (χ4n) is 7.50. The van der Waals surface area contributed by atoms with Crippen LogP contribution < -0.4 is 26.2 Å². The summed E-state index contributed by atoms with van der Waals surface area (Å²) < 4.78 is 21.5. The van der Waals surface area contributed by atoms with Gasteiger partial charge in [0.15, 0.2) is 0 Å². The number of anilines is 5. The highest BCUT2D eigenvalue weighted by atomic mass is 31.2. The molecule has 0 aliphatic carbocycles. The van der Waals surface area contributed by atoms with Crippen LogP contribution >= 0.6 is 7.14 Å². The van der Waals surface area contributed by atoms with E-state index in [2.05, 4.69) is 64.4 Å². The molecular weight excluding hydrogens is 700 g/mol. The van der Waals surface area contributed by atoms with Gasteiger partial charge in [0.1, 0.15) is 25.3 Å². The molecule has 6 rings (SSSR count). The number of piperidine rings is 1. The molecule has 288 valence electrons. The number of ether oxygens (including phenoxy) is 1. The monoisotopic (exact) mass is 760 g/mol. The fourth-order valence-corrected chi connectivity index (χ4v) is 9.41. The quantitative estimate of drug-likeness (QED) is 0.0600. The molecule has 2 aliphatic heterocycles. The zero-order chi connectivity index (χ0) is 38.0. The van der Waals surface area contributed by atoms with Crippen LogP contribution in [0.25, 0.3) is 11.0 Å². The van der Waals surface area contributed by atoms with Crippen molar-refractivity contribution >= 4 is 60.4 Å². The summed E-state index contributed by atoms with van der Waals surface area (Å²) in [5, 5.41) is 23.7. The second-order valence-corrected chi connectivity index (χ2v) is 25.6. The molecule has 0 radical (unpaired) electrons. The van der Waals surface area contributed by atoms with E-state index in [0.717, 1.165) is 97.9 Å². The van der Waals surface area contributed by atoms with Crippen LogP contribution in [0, 0.1) is 0 Å². The first-order valence-electron chi connectivity index (χ1n) is 19.3. The number of piperazine rings is 1. The third-order valence-electron chi connectivity index (χ3n) is 10.6. The maximum absolute atomic E-state index is 13.3. The number of hydrogen-bond donors (Lipinski definition) is 4. The van der Waals surface area contributed by atoms with E-state index in [1.54, 1.807) is 13.3 Å². The Kier molecular flexibility index (Phi) is 12.1. The molecule has 0 unspecified atom stereocenters. The van der Waals surface area contributed by atoms with Crippen molar-refractivity contribution in [2.24, 2.45) is 0 Å². The van der Waals surface area contributed by atoms with Crippen LogP contribution in [0.2, 0.25) is 25.7 Å². The van der Waals surface area contributed by atoms with E-state index >= 15 is 0 Å². The number of nitrogens with zero attached hydrogens (tertiary/aromatic N) is 5. The van der Waals surface area contributed by atoms with Gasteiger partial charge in [-0.05, 0) is 88.4 Å². The summed E-state index contributed by atoms with van der Waals surface area (Å²) in [4.78, 5) is 15.2. The smallest absolute Gasteiger partial charge is 0.231 e. The van der Waals surface area contributed by atoms with Crippen molar-refractivity contribution < 1.29 is 14.4 Å². The number of para-hydroxylation sites is 1. The van der Waals surface area contributed by atoms with Crippen molar-refractivity contribution in [2.45, 2.75) is 84.1 Å². The number of hydrogen-bond acceptors (Lipinski definition) is 10. The average molecular weight is 761 g/mol. The van der Waals surface area contributed by atoms with Crippen LogP contribution in [0.3, 0.4) is 0 Å². The van der Waals surface area contributed by atoms with Gasteiger partial charge in [0.05, 0.1) is 16.7 Å². The number of fused-ring (bicyclic) bond motifs is 1. The van der Waals surface area contributed by atoms with Crippen LogP contribution in [-0.4, -0.2) is 97.9 Å². The van der Waals surface area contributed by atoms with E-state index in [1.807, 2.05) is 54.9 Å². The maximum Gasteiger partial charge on any atom is 0.231 e. The van der Waals surface area contributed by atoms with Gasteiger partial charge in [-0.3, -0.25) is 4.90 Å². The van der Waals surface area contributed by atoms with E-state index in [-0.39, 0.29) is 0 Å². The van der Waals surface area contributed by atoms with Crippen LogP contribution in [0.4, 0.5) is 28.8 Å². The fraction of sp³-hybridized carbons (Fsp3) is 0.550. The molecule has 4 N–H and O–H groups in total. The summed E-state index contributed by atoms with van der Waals surface area (Å²) in [6, 6.07) is 15.8. The molecule has 0 amide bonds. The first-order valence-corrected chi connectivity index (χ1v) is 25.6. The number of aromatic nitrogens is 3. The molecule has 2 aromatic heterocycles. The molecule has 13 heteroatoms. The zero-order valence-electron chi connectivity index (χ0n) is 33.1. The molecule has 2 saturated heterocycles. The minimum atomic E-state index is -2.59. The zero-order valence-corrected chi connectivity index (χ0v) is 35.0. The molecule has 2 aliphatic rings. The summed E-state index contributed by atoms with van der Waals surface area (Å²) in [6.45, 7) is 23.9. The molecule has 0 atom stereocenters. The molecule has 0 saturated carbocycles. The first-order chi connectivity index (χ1) is 25.1. The van der Waals surface area contributed by atoms with Crippen molar-refractivity contribution in [2.75, 3.05) is 74.7 Å². The van der Waals surface area contributed by atoms with Gasteiger partial charge in [-0.1, -0.05) is 38.7 Å². The SMILES string of the molecule is CCc1cc(Nc2nc(Nc3ccccc3P(C)(C)=O)c3ccn(COCC[Si](C)(C)C)c3n2)c(C(C)(C)O)cc1N1CCC(N2CCNCC2)CC1. The van der Waals surface area contributed by atoms with Crippen LogP contribution in [0.5, 0.6) is 0 Å². The van der Waals surface area contributed by atoms with Crippen molar-refractivity contribution in [1.29, 1.82) is 0 Å². The van der Waals surface area contributed by atoms with Crippen molar-refractivity contribution in [3.8, 4) is 0 Å². The number of rotatable bonds is 14. The normalized spacial score (nSPS) is 16.7. The van der Waals surface area contributed by atoms with Crippen LogP contribution in [0.1, 0.15) is 44.7 Å². The number of aryl methyl sites for hydroxylation is 1. The standard InChI is InChI=1S/C40H61N8O3PSi/c1-9-29-26-34(32(40(2,3)49)27-35(29)47-19-14-30(15-20-47)46-22-17-41-18-23-46)43-39-44-37(42-33-12-10-11-13-36(33)52(4,5)50)31-16-21-48(38(31)45-39)28-51-24-25-53(6,7)8/h10-13,16,21,26-27,30,41,49H,9,14-15,17-20,22-25,28H2,1-8H3,(H2,42,43,44,45). The van der Waals surface area contributed by atoms with Crippen molar-refractivity contribution in [3.05, 3.63) is 59.8 Å². The third-order valence-corrected chi connectivity index (χ3v) is 13.8. The highest BCUT2D eigenvalue weighted by molar-refractivity contribution is 7.70. The molecule has 0 spiro atoms. The molecule has 53 heavy (non-hydrogen) atoms. The predicted molar refractivity (Wildman–Crippen MR) is 224 cm³/mol. The molecule has 2 aromatic carbocycles. The Hall–Kier alpha value is -3.25. The van der Waals surface area contributed by atoms with Gasteiger partial charge in [-0.15, -0.1) is 0 Å². The van der Waals surface area contributed by atoms with E-state index in [4.69, 9.17) is 14.7 Å². The summed E-state index contributed by atoms with van der Waals surface area (Å²) in [5.41, 5.74) is 4.32. The summed E-state index contributed by atoms with van der Waals surface area (Å²) in [5.74, 6) is 0.997. The lowest BCUT2D eigenvalue weighted by Crippen LogP contribution is -2.52. The second kappa shape index (κ2) is 16.2. The van der Waals surface area contributed by atoms with Crippen molar-refractivity contribution in [1.82, 2.24) is 24.8 Å². The Balaban J connectivity index is 1.35. The minimum absolute atomic E-state index is 0.370. The topological polar surface area (TPSA) is 120 Å². The van der Waals surface area contributed by atoms with E-state index in [0.29, 0.717) is 31.1 Å². The van der Waals surface area contributed by atoms with Crippen molar-refractivity contribution in [3.63, 3.8) is 0 Å². The summed E-state index contributed by atoms with van der Waals surface area (Å²) in [7, 11) is -3.83. The Bertz CT molecular complexity index is 1920. The van der Waals surface area contributed by atoms with E-state index in [9.17, 15) is 9.67 Å². The first kappa shape index (κ1) is 39.4. The maximum atomic E-state index is 13.3. The highest BCUT2D eigenvalue weighted by Gasteiger charge is 2.29. The van der Waals surface area contributed by atoms with Crippen LogP contribution in [0.15, 0.2) is 48.7 Å². The van der Waals surface area contributed by atoms with Gasteiger partial charge < -0.3 is 39.8 Å². The summed E-state index contributed by atoms with van der Waals surface area (Å²) in [6.07, 6.45) is 5.11. The van der Waals surface area contributed by atoms with Crippen LogP contribution in [-0.2, 0) is 28.1 Å². The molecule has 0 bridgehead atoms.